The zero-order chi connectivity index (χ0) is 14.8. The first-order valence-electron chi connectivity index (χ1n) is 7.88. The van der Waals surface area contributed by atoms with Gasteiger partial charge in [0.2, 0.25) is 0 Å². The van der Waals surface area contributed by atoms with Gasteiger partial charge in [-0.1, -0.05) is 27.7 Å². The van der Waals surface area contributed by atoms with Gasteiger partial charge in [0.1, 0.15) is 5.76 Å². The summed E-state index contributed by atoms with van der Waals surface area (Å²) in [6, 6.07) is 4.02. The number of likely N-dealkylation sites (N-methyl/N-ethyl adjacent to an activating group) is 1. The lowest BCUT2D eigenvalue weighted by Crippen LogP contribution is -2.58. The molecule has 0 aliphatic heterocycles. The van der Waals surface area contributed by atoms with Crippen molar-refractivity contribution in [1.29, 1.82) is 0 Å². The van der Waals surface area contributed by atoms with E-state index in [9.17, 15) is 0 Å². The van der Waals surface area contributed by atoms with Crippen LogP contribution in [0.25, 0.3) is 0 Å². The van der Waals surface area contributed by atoms with Gasteiger partial charge in [0.25, 0.3) is 0 Å². The molecule has 0 bridgehead atoms. The van der Waals surface area contributed by atoms with Gasteiger partial charge in [-0.05, 0) is 49.3 Å². The second-order valence-electron chi connectivity index (χ2n) is 7.38. The molecule has 2 rings (SSSR count). The molecule has 2 N–H and O–H groups in total. The molecule has 0 aromatic carbocycles. The number of nitrogens with two attached hydrogens (primary N) is 1. The summed E-state index contributed by atoms with van der Waals surface area (Å²) < 4.78 is 5.54. The molecule has 0 amide bonds. The Kier molecular flexibility index (Phi) is 4.60. The second-order valence-corrected chi connectivity index (χ2v) is 7.38. The van der Waals surface area contributed by atoms with Crippen molar-refractivity contribution in [2.45, 2.75) is 59.0 Å². The van der Waals surface area contributed by atoms with Crippen molar-refractivity contribution in [3.8, 4) is 0 Å². The Morgan fingerprint density at radius 2 is 2.15 bits per heavy atom. The highest BCUT2D eigenvalue weighted by Crippen LogP contribution is 2.46. The molecular formula is C17H30N2O. The fourth-order valence-electron chi connectivity index (χ4n) is 4.43. The van der Waals surface area contributed by atoms with E-state index in [-0.39, 0.29) is 5.54 Å². The minimum absolute atomic E-state index is 0.114. The largest absolute Gasteiger partial charge is 0.468 e. The summed E-state index contributed by atoms with van der Waals surface area (Å²) in [7, 11) is 0. The van der Waals surface area contributed by atoms with Crippen LogP contribution in [0.15, 0.2) is 22.8 Å². The van der Waals surface area contributed by atoms with Gasteiger partial charge in [-0.15, -0.1) is 0 Å². The number of furan rings is 1. The van der Waals surface area contributed by atoms with Gasteiger partial charge < -0.3 is 10.2 Å². The maximum absolute atomic E-state index is 6.25. The molecule has 0 spiro atoms. The molecule has 3 nitrogen and oxygen atoms in total. The summed E-state index contributed by atoms with van der Waals surface area (Å²) in [4.78, 5) is 2.53. The van der Waals surface area contributed by atoms with Crippen molar-refractivity contribution in [3.63, 3.8) is 0 Å². The Balaban J connectivity index is 2.22. The molecule has 0 radical (unpaired) electrons. The zero-order valence-corrected chi connectivity index (χ0v) is 13.5. The molecule has 2 atom stereocenters. The minimum atomic E-state index is 0.114. The molecule has 0 saturated heterocycles. The van der Waals surface area contributed by atoms with Gasteiger partial charge in [0, 0.05) is 12.1 Å². The van der Waals surface area contributed by atoms with Crippen LogP contribution in [0.5, 0.6) is 0 Å². The van der Waals surface area contributed by atoms with E-state index in [2.05, 4.69) is 38.7 Å². The van der Waals surface area contributed by atoms with Crippen LogP contribution in [-0.4, -0.2) is 23.5 Å². The third-order valence-electron chi connectivity index (χ3n) is 4.80. The minimum Gasteiger partial charge on any atom is -0.468 e. The van der Waals surface area contributed by atoms with Gasteiger partial charge >= 0.3 is 0 Å². The normalized spacial score (nSPS) is 29.8. The van der Waals surface area contributed by atoms with Gasteiger partial charge in [-0.3, -0.25) is 4.90 Å². The Labute approximate surface area is 123 Å². The first kappa shape index (κ1) is 15.6. The number of hydrogen-bond donors (Lipinski definition) is 1. The summed E-state index contributed by atoms with van der Waals surface area (Å²) >= 11 is 0. The van der Waals surface area contributed by atoms with Crippen LogP contribution >= 0.6 is 0 Å². The molecule has 1 aliphatic carbocycles. The number of hydrogen-bond acceptors (Lipinski definition) is 3. The van der Waals surface area contributed by atoms with Crippen molar-refractivity contribution in [2.24, 2.45) is 17.1 Å². The van der Waals surface area contributed by atoms with Crippen LogP contribution in [0.3, 0.4) is 0 Å². The van der Waals surface area contributed by atoms with E-state index in [0.29, 0.717) is 5.41 Å². The van der Waals surface area contributed by atoms with E-state index in [1.54, 1.807) is 6.26 Å². The lowest BCUT2D eigenvalue weighted by Gasteiger charge is -2.52. The third kappa shape index (κ3) is 3.26. The van der Waals surface area contributed by atoms with Gasteiger partial charge in [-0.25, -0.2) is 0 Å². The smallest absolute Gasteiger partial charge is 0.117 e. The molecule has 1 aliphatic rings. The maximum atomic E-state index is 6.25. The fraction of sp³-hybridized carbons (Fsp3) is 0.765. The molecule has 1 fully saturated rings. The first-order chi connectivity index (χ1) is 9.41. The Bertz CT molecular complexity index is 413. The zero-order valence-electron chi connectivity index (χ0n) is 13.5. The summed E-state index contributed by atoms with van der Waals surface area (Å²) in [5, 5.41) is 0. The standard InChI is InChI=1S/C17H30N2O/c1-5-19(11-15-7-6-8-20-15)17(13-18)10-14(2)9-16(3,4)12-17/h6-8,14H,5,9-13,18H2,1-4H3. The monoisotopic (exact) mass is 278 g/mol. The summed E-state index contributed by atoms with van der Waals surface area (Å²) in [5.41, 5.74) is 6.74. The highest BCUT2D eigenvalue weighted by molar-refractivity contribution is 5.04. The molecule has 1 saturated carbocycles. The fourth-order valence-corrected chi connectivity index (χ4v) is 4.43. The highest BCUT2D eigenvalue weighted by atomic mass is 16.3. The Hall–Kier alpha value is -0.800. The lowest BCUT2D eigenvalue weighted by atomic mass is 9.63. The molecule has 20 heavy (non-hydrogen) atoms. The van der Waals surface area contributed by atoms with Crippen LogP contribution < -0.4 is 5.73 Å². The quantitative estimate of drug-likeness (QED) is 0.894. The average molecular weight is 278 g/mol. The average Bonchev–Trinajstić information content (AvgIpc) is 2.86. The number of rotatable bonds is 5. The Morgan fingerprint density at radius 1 is 1.40 bits per heavy atom. The van der Waals surface area contributed by atoms with E-state index >= 15 is 0 Å². The summed E-state index contributed by atoms with van der Waals surface area (Å²) in [6.45, 7) is 12.0. The molecule has 114 valence electrons. The van der Waals surface area contributed by atoms with Crippen molar-refractivity contribution >= 4 is 0 Å². The van der Waals surface area contributed by atoms with E-state index < -0.39 is 0 Å². The van der Waals surface area contributed by atoms with E-state index in [1.165, 1.54) is 19.3 Å². The van der Waals surface area contributed by atoms with Crippen molar-refractivity contribution in [2.75, 3.05) is 13.1 Å². The van der Waals surface area contributed by atoms with Crippen molar-refractivity contribution in [1.82, 2.24) is 4.90 Å². The summed E-state index contributed by atoms with van der Waals surface area (Å²) in [5.74, 6) is 1.77. The van der Waals surface area contributed by atoms with Gasteiger partial charge in [0.05, 0.1) is 12.8 Å². The Morgan fingerprint density at radius 3 is 2.65 bits per heavy atom. The van der Waals surface area contributed by atoms with Crippen molar-refractivity contribution < 1.29 is 4.42 Å². The van der Waals surface area contributed by atoms with Crippen molar-refractivity contribution in [3.05, 3.63) is 24.2 Å². The van der Waals surface area contributed by atoms with Crippen LogP contribution in [0.2, 0.25) is 0 Å². The number of nitrogens with zero attached hydrogens (tertiary/aromatic N) is 1. The summed E-state index contributed by atoms with van der Waals surface area (Å²) in [6.07, 6.45) is 5.43. The van der Waals surface area contributed by atoms with Gasteiger partial charge in [0.15, 0.2) is 0 Å². The first-order valence-corrected chi connectivity index (χ1v) is 7.88. The molecular weight excluding hydrogens is 248 g/mol. The third-order valence-corrected chi connectivity index (χ3v) is 4.80. The molecule has 1 aromatic heterocycles. The second kappa shape index (κ2) is 5.90. The molecule has 2 unspecified atom stereocenters. The van der Waals surface area contributed by atoms with Gasteiger partial charge in [-0.2, -0.15) is 0 Å². The SMILES string of the molecule is CCN(Cc1ccco1)C1(CN)CC(C)CC(C)(C)C1. The predicted molar refractivity (Wildman–Crippen MR) is 83.4 cm³/mol. The topological polar surface area (TPSA) is 42.4 Å². The lowest BCUT2D eigenvalue weighted by molar-refractivity contribution is -0.0170. The van der Waals surface area contributed by atoms with E-state index in [4.69, 9.17) is 10.2 Å². The van der Waals surface area contributed by atoms with E-state index in [1.807, 2.05) is 6.07 Å². The molecule has 1 heterocycles. The van der Waals surface area contributed by atoms with E-state index in [0.717, 1.165) is 31.3 Å². The highest BCUT2D eigenvalue weighted by Gasteiger charge is 2.45. The maximum Gasteiger partial charge on any atom is 0.117 e. The van der Waals surface area contributed by atoms with Crippen LogP contribution in [0.1, 0.15) is 52.7 Å². The van der Waals surface area contributed by atoms with Crippen LogP contribution in [-0.2, 0) is 6.54 Å². The van der Waals surface area contributed by atoms with Crippen LogP contribution in [0.4, 0.5) is 0 Å². The molecule has 3 heteroatoms. The molecule has 1 aromatic rings. The predicted octanol–water partition coefficient (Wildman–Crippen LogP) is 3.65. The van der Waals surface area contributed by atoms with Crippen LogP contribution in [0, 0.1) is 11.3 Å².